The van der Waals surface area contributed by atoms with Crippen LogP contribution < -0.4 is 4.90 Å². The fraction of sp³-hybridized carbons (Fsp3) is 0.0833. The molecule has 1 fully saturated rings. The minimum absolute atomic E-state index is 0.0331. The second-order valence-corrected chi connectivity index (χ2v) is 7.87. The summed E-state index contributed by atoms with van der Waals surface area (Å²) in [6.07, 6.45) is -4.77. The Hall–Kier alpha value is -5.07. The van der Waals surface area contributed by atoms with Crippen molar-refractivity contribution in [1.29, 1.82) is 0 Å². The van der Waals surface area contributed by atoms with Crippen molar-refractivity contribution in [1.82, 2.24) is 0 Å². The molecule has 0 unspecified atom stereocenters. The summed E-state index contributed by atoms with van der Waals surface area (Å²) < 4.78 is 40.1. The van der Waals surface area contributed by atoms with Crippen molar-refractivity contribution in [3.8, 4) is 0 Å². The first-order valence-electron chi connectivity index (χ1n) is 10.4. The predicted molar refractivity (Wildman–Crippen MR) is 122 cm³/mol. The first-order valence-corrected chi connectivity index (χ1v) is 10.4. The molecule has 3 aromatic rings. The van der Waals surface area contributed by atoms with Crippen LogP contribution in [0.4, 0.5) is 30.2 Å². The highest BCUT2D eigenvalue weighted by Gasteiger charge is 2.47. The van der Waals surface area contributed by atoms with Crippen LogP contribution in [0.5, 0.6) is 0 Å². The van der Waals surface area contributed by atoms with Crippen LogP contribution in [-0.2, 0) is 15.8 Å². The number of amides is 1. The number of carbonyl (C=O) groups excluding carboxylic acids is 2. The standard InChI is InChI=1S/C24H14F3N3O7/c25-24(26,27)15-4-2-5-17(12-15)28-20(14-3-1-6-18(11-14)30(36)37)19(22(32)23(28)33)21(31)13-7-9-16(10-8-13)29(34)35/h1-12,20,31H/t20-/m1/s1. The minimum Gasteiger partial charge on any atom is -0.507 e. The molecule has 13 heteroatoms. The molecule has 0 saturated carbocycles. The number of halogens is 3. The fourth-order valence-corrected chi connectivity index (χ4v) is 3.95. The smallest absolute Gasteiger partial charge is 0.416 e. The molecule has 1 saturated heterocycles. The number of anilines is 1. The number of nitro benzene ring substituents is 2. The summed E-state index contributed by atoms with van der Waals surface area (Å²) in [6.45, 7) is 0. The van der Waals surface area contributed by atoms with Gasteiger partial charge in [-0.25, -0.2) is 0 Å². The van der Waals surface area contributed by atoms with E-state index in [1.54, 1.807) is 0 Å². The molecule has 4 rings (SSSR count). The molecule has 10 nitrogen and oxygen atoms in total. The maximum Gasteiger partial charge on any atom is 0.416 e. The molecule has 1 aliphatic heterocycles. The van der Waals surface area contributed by atoms with Gasteiger partial charge >= 0.3 is 6.18 Å². The third kappa shape index (κ3) is 4.61. The van der Waals surface area contributed by atoms with Crippen molar-refractivity contribution >= 4 is 34.5 Å². The highest BCUT2D eigenvalue weighted by atomic mass is 19.4. The van der Waals surface area contributed by atoms with Gasteiger partial charge in [-0.1, -0.05) is 18.2 Å². The second-order valence-electron chi connectivity index (χ2n) is 7.87. The molecule has 0 radical (unpaired) electrons. The Labute approximate surface area is 205 Å². The van der Waals surface area contributed by atoms with Gasteiger partial charge < -0.3 is 5.11 Å². The largest absolute Gasteiger partial charge is 0.507 e. The predicted octanol–water partition coefficient (Wildman–Crippen LogP) is 5.15. The molecule has 1 N–H and O–H groups in total. The molecule has 0 spiro atoms. The van der Waals surface area contributed by atoms with E-state index in [0.717, 1.165) is 54.6 Å². The number of alkyl halides is 3. The van der Waals surface area contributed by atoms with Crippen LogP contribution >= 0.6 is 0 Å². The molecule has 37 heavy (non-hydrogen) atoms. The van der Waals surface area contributed by atoms with E-state index in [1.165, 1.54) is 12.1 Å². The minimum atomic E-state index is -4.77. The summed E-state index contributed by atoms with van der Waals surface area (Å²) in [6, 6.07) is 11.1. The lowest BCUT2D eigenvalue weighted by atomic mass is 9.94. The molecule has 1 amide bonds. The summed E-state index contributed by atoms with van der Waals surface area (Å²) in [5.41, 5.74) is -2.89. The highest BCUT2D eigenvalue weighted by molar-refractivity contribution is 6.51. The summed E-state index contributed by atoms with van der Waals surface area (Å²) in [5, 5.41) is 33.3. The summed E-state index contributed by atoms with van der Waals surface area (Å²) in [5.74, 6) is -3.30. The number of non-ortho nitro benzene ring substituents is 2. The lowest BCUT2D eigenvalue weighted by Gasteiger charge is -2.26. The topological polar surface area (TPSA) is 144 Å². The normalized spacial score (nSPS) is 17.2. The number of aliphatic hydroxyl groups is 1. The monoisotopic (exact) mass is 513 g/mol. The lowest BCUT2D eigenvalue weighted by molar-refractivity contribution is -0.385. The van der Waals surface area contributed by atoms with Crippen LogP contribution in [0.15, 0.2) is 78.4 Å². The van der Waals surface area contributed by atoms with E-state index in [4.69, 9.17) is 0 Å². The van der Waals surface area contributed by atoms with Gasteiger partial charge in [-0.2, -0.15) is 13.2 Å². The summed E-state index contributed by atoms with van der Waals surface area (Å²) >= 11 is 0. The Morgan fingerprint density at radius 3 is 2.08 bits per heavy atom. The quantitative estimate of drug-likeness (QED) is 0.163. The van der Waals surface area contributed by atoms with Crippen molar-refractivity contribution in [2.24, 2.45) is 0 Å². The number of benzene rings is 3. The maximum atomic E-state index is 13.4. The van der Waals surface area contributed by atoms with Crippen LogP contribution in [0.2, 0.25) is 0 Å². The van der Waals surface area contributed by atoms with Crippen molar-refractivity contribution in [2.45, 2.75) is 12.2 Å². The van der Waals surface area contributed by atoms with E-state index in [-0.39, 0.29) is 22.5 Å². The van der Waals surface area contributed by atoms with Gasteiger partial charge in [0.15, 0.2) is 0 Å². The average molecular weight is 513 g/mol. The number of nitro groups is 2. The fourth-order valence-electron chi connectivity index (χ4n) is 3.95. The summed E-state index contributed by atoms with van der Waals surface area (Å²) in [4.78, 5) is 47.7. The number of rotatable bonds is 5. The Morgan fingerprint density at radius 2 is 1.49 bits per heavy atom. The highest BCUT2D eigenvalue weighted by Crippen LogP contribution is 2.44. The van der Waals surface area contributed by atoms with E-state index in [9.17, 15) is 48.1 Å². The lowest BCUT2D eigenvalue weighted by Crippen LogP contribution is -2.29. The summed E-state index contributed by atoms with van der Waals surface area (Å²) in [7, 11) is 0. The van der Waals surface area contributed by atoms with E-state index < -0.39 is 56.3 Å². The Bertz CT molecular complexity index is 1480. The molecule has 1 aliphatic rings. The van der Waals surface area contributed by atoms with Gasteiger partial charge in [0.25, 0.3) is 23.1 Å². The number of hydrogen-bond acceptors (Lipinski definition) is 7. The first-order chi connectivity index (χ1) is 17.4. The van der Waals surface area contributed by atoms with E-state index in [1.807, 2.05) is 0 Å². The van der Waals surface area contributed by atoms with E-state index in [2.05, 4.69) is 0 Å². The van der Waals surface area contributed by atoms with Crippen molar-refractivity contribution in [2.75, 3.05) is 4.90 Å². The first kappa shape index (κ1) is 25.0. The molecule has 0 bridgehead atoms. The van der Waals surface area contributed by atoms with Crippen LogP contribution in [0, 0.1) is 20.2 Å². The number of ketones is 1. The number of aliphatic hydroxyl groups excluding tert-OH is 1. The third-order valence-corrected chi connectivity index (χ3v) is 5.64. The zero-order chi connectivity index (χ0) is 27.1. The molecular weight excluding hydrogens is 499 g/mol. The van der Waals surface area contributed by atoms with Crippen LogP contribution in [0.3, 0.4) is 0 Å². The van der Waals surface area contributed by atoms with Gasteiger partial charge in [0.1, 0.15) is 5.76 Å². The van der Waals surface area contributed by atoms with E-state index >= 15 is 0 Å². The molecule has 188 valence electrons. The Morgan fingerprint density at radius 1 is 0.865 bits per heavy atom. The molecule has 0 aromatic heterocycles. The zero-order valence-corrected chi connectivity index (χ0v) is 18.4. The van der Waals surface area contributed by atoms with Crippen molar-refractivity contribution < 1.29 is 37.7 Å². The van der Waals surface area contributed by atoms with Gasteiger partial charge in [-0.05, 0) is 35.9 Å². The zero-order valence-electron chi connectivity index (χ0n) is 18.4. The second kappa shape index (κ2) is 9.18. The van der Waals surface area contributed by atoms with Crippen LogP contribution in [0.25, 0.3) is 5.76 Å². The molecular formula is C24H14F3N3O7. The molecule has 1 heterocycles. The van der Waals surface area contributed by atoms with Crippen LogP contribution in [-0.4, -0.2) is 26.6 Å². The van der Waals surface area contributed by atoms with Gasteiger partial charge in [0.05, 0.1) is 27.0 Å². The van der Waals surface area contributed by atoms with Crippen molar-refractivity contribution in [3.05, 3.63) is 115 Å². The number of Topliss-reactive ketones (excluding diaryl/α,β-unsaturated/α-hetero) is 1. The Balaban J connectivity index is 1.96. The number of nitrogens with zero attached hydrogens (tertiary/aromatic N) is 3. The van der Waals surface area contributed by atoms with E-state index in [0.29, 0.717) is 11.0 Å². The third-order valence-electron chi connectivity index (χ3n) is 5.64. The number of carbonyl (C=O) groups is 2. The van der Waals surface area contributed by atoms with Gasteiger partial charge in [0.2, 0.25) is 0 Å². The van der Waals surface area contributed by atoms with Gasteiger partial charge in [0, 0.05) is 35.5 Å². The molecule has 0 aliphatic carbocycles. The van der Waals surface area contributed by atoms with Gasteiger partial charge in [-0.15, -0.1) is 0 Å². The average Bonchev–Trinajstić information content (AvgIpc) is 3.13. The number of hydrogen-bond donors (Lipinski definition) is 1. The van der Waals surface area contributed by atoms with Crippen LogP contribution in [0.1, 0.15) is 22.7 Å². The SMILES string of the molecule is O=C1C(=O)N(c2cccc(C(F)(F)F)c2)[C@H](c2cccc([N+](=O)[O-])c2)C1=C(O)c1ccc([N+](=O)[O-])cc1. The maximum absolute atomic E-state index is 13.4. The Kier molecular flexibility index (Phi) is 6.21. The van der Waals surface area contributed by atoms with Gasteiger partial charge in [-0.3, -0.25) is 34.7 Å². The molecule has 1 atom stereocenters. The van der Waals surface area contributed by atoms with Crippen molar-refractivity contribution in [3.63, 3.8) is 0 Å². The molecule has 3 aromatic carbocycles.